The SMILES string of the molecule is O=C(Cc1ccccc1)NCc1ccc(-c2nc(C(=O)N3CCC(O)CC3)co2)cc1CCC(=O)N1CCOCC1. The molecule has 0 saturated carbocycles. The maximum Gasteiger partial charge on any atom is 0.275 e. The lowest BCUT2D eigenvalue weighted by atomic mass is 9.99. The minimum absolute atomic E-state index is 0.0634. The summed E-state index contributed by atoms with van der Waals surface area (Å²) in [6.07, 6.45) is 3.18. The van der Waals surface area contributed by atoms with Gasteiger partial charge in [-0.05, 0) is 48.1 Å². The second-order valence-corrected chi connectivity index (χ2v) is 10.5. The highest BCUT2D eigenvalue weighted by molar-refractivity contribution is 5.92. The van der Waals surface area contributed by atoms with Crippen molar-refractivity contribution in [1.29, 1.82) is 0 Å². The van der Waals surface area contributed by atoms with Gasteiger partial charge >= 0.3 is 0 Å². The molecule has 5 rings (SSSR count). The molecule has 2 fully saturated rings. The molecule has 0 radical (unpaired) electrons. The number of carbonyl (C=O) groups excluding carboxylic acids is 3. The smallest absolute Gasteiger partial charge is 0.275 e. The minimum atomic E-state index is -0.373. The molecular formula is C31H36N4O6. The number of aliphatic hydroxyl groups is 1. The molecule has 0 unspecified atom stereocenters. The van der Waals surface area contributed by atoms with Crippen LogP contribution in [0.15, 0.2) is 59.2 Å². The van der Waals surface area contributed by atoms with Crippen molar-refractivity contribution in [1.82, 2.24) is 20.1 Å². The van der Waals surface area contributed by atoms with Crippen LogP contribution in [0.5, 0.6) is 0 Å². The molecule has 41 heavy (non-hydrogen) atoms. The second-order valence-electron chi connectivity index (χ2n) is 10.5. The van der Waals surface area contributed by atoms with Crippen molar-refractivity contribution in [2.75, 3.05) is 39.4 Å². The molecule has 2 saturated heterocycles. The van der Waals surface area contributed by atoms with E-state index in [1.807, 2.05) is 53.4 Å². The zero-order chi connectivity index (χ0) is 28.6. The van der Waals surface area contributed by atoms with Crippen LogP contribution in [0.2, 0.25) is 0 Å². The number of likely N-dealkylation sites (tertiary alicyclic amines) is 1. The molecule has 10 nitrogen and oxygen atoms in total. The van der Waals surface area contributed by atoms with E-state index in [2.05, 4.69) is 10.3 Å². The topological polar surface area (TPSA) is 125 Å². The number of aryl methyl sites for hydroxylation is 1. The summed E-state index contributed by atoms with van der Waals surface area (Å²) >= 11 is 0. The van der Waals surface area contributed by atoms with Crippen molar-refractivity contribution in [2.45, 2.75) is 44.8 Å². The predicted molar refractivity (Wildman–Crippen MR) is 151 cm³/mol. The van der Waals surface area contributed by atoms with Gasteiger partial charge in [-0.2, -0.15) is 0 Å². The van der Waals surface area contributed by atoms with Crippen molar-refractivity contribution in [3.05, 3.63) is 77.2 Å². The lowest BCUT2D eigenvalue weighted by Gasteiger charge is -2.28. The van der Waals surface area contributed by atoms with Crippen LogP contribution < -0.4 is 5.32 Å². The van der Waals surface area contributed by atoms with Gasteiger partial charge in [0.2, 0.25) is 17.7 Å². The van der Waals surface area contributed by atoms with Gasteiger partial charge in [0.1, 0.15) is 6.26 Å². The van der Waals surface area contributed by atoms with E-state index in [0.29, 0.717) is 83.1 Å². The van der Waals surface area contributed by atoms with E-state index in [-0.39, 0.29) is 35.9 Å². The number of rotatable bonds is 9. The molecule has 10 heteroatoms. The molecular weight excluding hydrogens is 524 g/mol. The van der Waals surface area contributed by atoms with E-state index in [1.54, 1.807) is 4.90 Å². The maximum absolute atomic E-state index is 12.9. The third kappa shape index (κ3) is 7.59. The van der Waals surface area contributed by atoms with Crippen molar-refractivity contribution < 1.29 is 28.6 Å². The number of piperidine rings is 1. The number of amides is 3. The summed E-state index contributed by atoms with van der Waals surface area (Å²) in [6, 6.07) is 15.2. The van der Waals surface area contributed by atoms with Crippen molar-refractivity contribution >= 4 is 17.7 Å². The van der Waals surface area contributed by atoms with Crippen LogP contribution in [-0.2, 0) is 33.7 Å². The molecule has 0 bridgehead atoms. The highest BCUT2D eigenvalue weighted by atomic mass is 16.5. The number of nitrogens with one attached hydrogen (secondary N) is 1. The van der Waals surface area contributed by atoms with Gasteiger partial charge in [0.15, 0.2) is 5.69 Å². The molecule has 0 aliphatic carbocycles. The molecule has 2 N–H and O–H groups in total. The van der Waals surface area contributed by atoms with Gasteiger partial charge in [0, 0.05) is 44.7 Å². The largest absolute Gasteiger partial charge is 0.444 e. The zero-order valence-corrected chi connectivity index (χ0v) is 23.1. The average molecular weight is 561 g/mol. The molecule has 216 valence electrons. The van der Waals surface area contributed by atoms with E-state index >= 15 is 0 Å². The van der Waals surface area contributed by atoms with Crippen LogP contribution in [0.4, 0.5) is 0 Å². The van der Waals surface area contributed by atoms with Crippen molar-refractivity contribution in [3.8, 4) is 11.5 Å². The summed E-state index contributed by atoms with van der Waals surface area (Å²) in [6.45, 7) is 3.55. The maximum atomic E-state index is 12.9. The highest BCUT2D eigenvalue weighted by Crippen LogP contribution is 2.25. The lowest BCUT2D eigenvalue weighted by Crippen LogP contribution is -2.40. The Kier molecular flexibility index (Phi) is 9.43. The fourth-order valence-corrected chi connectivity index (χ4v) is 5.15. The van der Waals surface area contributed by atoms with Gasteiger partial charge in [0.05, 0.1) is 25.7 Å². The van der Waals surface area contributed by atoms with Gasteiger partial charge in [0.25, 0.3) is 5.91 Å². The molecule has 0 spiro atoms. The number of ether oxygens (including phenoxy) is 1. The van der Waals surface area contributed by atoms with Crippen LogP contribution in [0.25, 0.3) is 11.5 Å². The van der Waals surface area contributed by atoms with E-state index in [4.69, 9.17) is 9.15 Å². The fourth-order valence-electron chi connectivity index (χ4n) is 5.15. The van der Waals surface area contributed by atoms with E-state index < -0.39 is 0 Å². The first-order valence-corrected chi connectivity index (χ1v) is 14.2. The predicted octanol–water partition coefficient (Wildman–Crippen LogP) is 2.59. The van der Waals surface area contributed by atoms with E-state index in [9.17, 15) is 19.5 Å². The fraction of sp³-hybridized carbons (Fsp3) is 0.419. The number of aliphatic hydroxyl groups excluding tert-OH is 1. The normalized spacial score (nSPS) is 16.0. The van der Waals surface area contributed by atoms with Crippen LogP contribution in [0, 0.1) is 0 Å². The molecule has 3 amide bonds. The second kappa shape index (κ2) is 13.6. The van der Waals surface area contributed by atoms with Gasteiger partial charge in [-0.1, -0.05) is 36.4 Å². The Bertz CT molecular complexity index is 1340. The van der Waals surface area contributed by atoms with Crippen molar-refractivity contribution in [2.24, 2.45) is 0 Å². The lowest BCUT2D eigenvalue weighted by molar-refractivity contribution is -0.135. The first-order valence-electron chi connectivity index (χ1n) is 14.2. The van der Waals surface area contributed by atoms with Crippen LogP contribution in [0.1, 0.15) is 46.4 Å². The number of benzene rings is 2. The van der Waals surface area contributed by atoms with Gasteiger partial charge < -0.3 is 29.4 Å². The molecule has 2 aromatic carbocycles. The summed E-state index contributed by atoms with van der Waals surface area (Å²) in [7, 11) is 0. The Hall–Kier alpha value is -4.02. The van der Waals surface area contributed by atoms with Crippen molar-refractivity contribution in [3.63, 3.8) is 0 Å². The summed E-state index contributed by atoms with van der Waals surface area (Å²) in [5.41, 5.74) is 3.65. The number of hydrogen-bond donors (Lipinski definition) is 2. The summed E-state index contributed by atoms with van der Waals surface area (Å²) in [5.74, 6) is 0.0666. The first-order chi connectivity index (χ1) is 20.0. The Morgan fingerprint density at radius 2 is 1.71 bits per heavy atom. The minimum Gasteiger partial charge on any atom is -0.444 e. The number of hydrogen-bond acceptors (Lipinski definition) is 7. The van der Waals surface area contributed by atoms with Gasteiger partial charge in [-0.25, -0.2) is 4.98 Å². The molecule has 0 atom stereocenters. The Labute approximate surface area is 239 Å². The van der Waals surface area contributed by atoms with Crippen LogP contribution in [0.3, 0.4) is 0 Å². The number of morpholine rings is 1. The quantitative estimate of drug-likeness (QED) is 0.412. The Morgan fingerprint density at radius 3 is 2.46 bits per heavy atom. The monoisotopic (exact) mass is 560 g/mol. The number of aromatic nitrogens is 1. The third-order valence-electron chi connectivity index (χ3n) is 7.58. The summed E-state index contributed by atoms with van der Waals surface area (Å²) < 4.78 is 11.1. The summed E-state index contributed by atoms with van der Waals surface area (Å²) in [4.78, 5) is 46.3. The van der Waals surface area contributed by atoms with Crippen LogP contribution in [-0.4, -0.2) is 83.1 Å². The number of oxazole rings is 1. The highest BCUT2D eigenvalue weighted by Gasteiger charge is 2.25. The van der Waals surface area contributed by atoms with Gasteiger partial charge in [-0.3, -0.25) is 14.4 Å². The molecule has 3 heterocycles. The molecule has 2 aliphatic rings. The van der Waals surface area contributed by atoms with Crippen LogP contribution >= 0.6 is 0 Å². The first kappa shape index (κ1) is 28.5. The number of nitrogens with zero attached hydrogens (tertiary/aromatic N) is 3. The van der Waals surface area contributed by atoms with Gasteiger partial charge in [-0.15, -0.1) is 0 Å². The molecule has 1 aromatic heterocycles. The summed E-state index contributed by atoms with van der Waals surface area (Å²) in [5, 5.41) is 12.7. The molecule has 3 aromatic rings. The third-order valence-corrected chi connectivity index (χ3v) is 7.58. The van der Waals surface area contributed by atoms with E-state index in [1.165, 1.54) is 6.26 Å². The standard InChI is InChI=1S/C31H36N4O6/c36-26-10-12-35(13-11-26)31(39)27-21-41-30(33-27)24-6-7-25(20-32-28(37)18-22-4-2-1-3-5-22)23(19-24)8-9-29(38)34-14-16-40-17-15-34/h1-7,19,21,26,36H,8-18,20H2,(H,32,37). The Morgan fingerprint density at radius 1 is 0.951 bits per heavy atom. The average Bonchev–Trinajstić information content (AvgIpc) is 3.50. The van der Waals surface area contributed by atoms with E-state index in [0.717, 1.165) is 16.7 Å². The number of carbonyl (C=O) groups is 3. The zero-order valence-electron chi connectivity index (χ0n) is 23.1. The Balaban J connectivity index is 1.30. The molecule has 2 aliphatic heterocycles.